The van der Waals surface area contributed by atoms with Gasteiger partial charge in [0.15, 0.2) is 0 Å². The summed E-state index contributed by atoms with van der Waals surface area (Å²) in [6.45, 7) is 8.41. The summed E-state index contributed by atoms with van der Waals surface area (Å²) in [5, 5.41) is 0. The van der Waals surface area contributed by atoms with E-state index in [-0.39, 0.29) is 0 Å². The van der Waals surface area contributed by atoms with Crippen LogP contribution >= 0.6 is 0 Å². The summed E-state index contributed by atoms with van der Waals surface area (Å²) in [5.74, 6) is 0. The first kappa shape index (κ1) is 11.2. The van der Waals surface area contributed by atoms with Crippen molar-refractivity contribution in [3.63, 3.8) is 0 Å². The second-order valence-corrected chi connectivity index (χ2v) is 2.65. The summed E-state index contributed by atoms with van der Waals surface area (Å²) in [6.07, 6.45) is 10.9. The summed E-state index contributed by atoms with van der Waals surface area (Å²) in [4.78, 5) is 0. The molecule has 0 bridgehead atoms. The number of rotatable bonds is 1. The fourth-order valence-electron chi connectivity index (χ4n) is 1.19. The third-order valence-corrected chi connectivity index (χ3v) is 1.90. The minimum Gasteiger partial charge on any atom is -0.0805 e. The van der Waals surface area contributed by atoms with Crippen LogP contribution in [0.4, 0.5) is 0 Å². The second-order valence-electron chi connectivity index (χ2n) is 2.65. The number of allylic oxidation sites excluding steroid dienone is 6. The molecule has 0 saturated heterocycles. The Bertz CT molecular complexity index is 192. The standard InChI is InChI=1S/C10H14.C2H6/c1-3-10-8-6-4-5-7-9(10)2;1-2/h4-6,8H,3,7H2,1-2H3;1-2H3. The Morgan fingerprint density at radius 1 is 1.25 bits per heavy atom. The quantitative estimate of drug-likeness (QED) is 0.543. The molecule has 0 atom stereocenters. The largest absolute Gasteiger partial charge is 0.0805 e. The first-order chi connectivity index (χ1) is 5.84. The molecular formula is C12H20. The molecule has 0 fully saturated rings. The molecule has 1 aliphatic rings. The van der Waals surface area contributed by atoms with Crippen LogP contribution in [0, 0.1) is 0 Å². The van der Waals surface area contributed by atoms with Crippen molar-refractivity contribution in [2.75, 3.05) is 0 Å². The summed E-state index contributed by atoms with van der Waals surface area (Å²) >= 11 is 0. The average Bonchev–Trinajstić information content (AvgIpc) is 2.33. The van der Waals surface area contributed by atoms with E-state index in [1.807, 2.05) is 13.8 Å². The molecule has 0 aliphatic heterocycles. The Morgan fingerprint density at radius 2 is 1.92 bits per heavy atom. The lowest BCUT2D eigenvalue weighted by Crippen LogP contribution is -1.80. The van der Waals surface area contributed by atoms with E-state index in [2.05, 4.69) is 38.2 Å². The van der Waals surface area contributed by atoms with Crippen LogP contribution < -0.4 is 0 Å². The van der Waals surface area contributed by atoms with E-state index in [1.165, 1.54) is 11.1 Å². The van der Waals surface area contributed by atoms with E-state index in [4.69, 9.17) is 0 Å². The van der Waals surface area contributed by atoms with Crippen molar-refractivity contribution >= 4 is 0 Å². The summed E-state index contributed by atoms with van der Waals surface area (Å²) in [5.41, 5.74) is 3.00. The van der Waals surface area contributed by atoms with Gasteiger partial charge < -0.3 is 0 Å². The van der Waals surface area contributed by atoms with Gasteiger partial charge in [-0.3, -0.25) is 0 Å². The van der Waals surface area contributed by atoms with Gasteiger partial charge in [-0.1, -0.05) is 50.6 Å². The lowest BCUT2D eigenvalue weighted by atomic mass is 10.1. The lowest BCUT2D eigenvalue weighted by molar-refractivity contribution is 1.07. The van der Waals surface area contributed by atoms with Crippen LogP contribution in [0.3, 0.4) is 0 Å². The molecule has 0 unspecified atom stereocenters. The van der Waals surface area contributed by atoms with Gasteiger partial charge in [-0.15, -0.1) is 0 Å². The highest BCUT2D eigenvalue weighted by molar-refractivity contribution is 5.31. The van der Waals surface area contributed by atoms with Crippen molar-refractivity contribution in [2.24, 2.45) is 0 Å². The Kier molecular flexibility index (Phi) is 6.45. The van der Waals surface area contributed by atoms with Crippen LogP contribution in [-0.4, -0.2) is 0 Å². The minimum atomic E-state index is 1.12. The van der Waals surface area contributed by atoms with Crippen molar-refractivity contribution in [1.82, 2.24) is 0 Å². The van der Waals surface area contributed by atoms with E-state index >= 15 is 0 Å². The van der Waals surface area contributed by atoms with Crippen LogP contribution in [0.1, 0.15) is 40.5 Å². The first-order valence-corrected chi connectivity index (χ1v) is 4.86. The predicted octanol–water partition coefficient (Wildman–Crippen LogP) is 4.26. The Balaban J connectivity index is 0.000000561. The molecule has 0 heterocycles. The van der Waals surface area contributed by atoms with Gasteiger partial charge in [-0.25, -0.2) is 0 Å². The highest BCUT2D eigenvalue weighted by Gasteiger charge is 1.95. The molecule has 0 spiro atoms. The third-order valence-electron chi connectivity index (χ3n) is 1.90. The molecule has 0 amide bonds. The van der Waals surface area contributed by atoms with Crippen LogP contribution in [0.5, 0.6) is 0 Å². The van der Waals surface area contributed by atoms with E-state index in [9.17, 15) is 0 Å². The van der Waals surface area contributed by atoms with Gasteiger partial charge in [0.05, 0.1) is 0 Å². The molecule has 0 saturated carbocycles. The van der Waals surface area contributed by atoms with Crippen LogP contribution in [0.25, 0.3) is 0 Å². The first-order valence-electron chi connectivity index (χ1n) is 4.86. The second kappa shape index (κ2) is 6.90. The van der Waals surface area contributed by atoms with E-state index < -0.39 is 0 Å². The zero-order chi connectivity index (χ0) is 9.40. The maximum absolute atomic E-state index is 2.21. The topological polar surface area (TPSA) is 0 Å². The monoisotopic (exact) mass is 164 g/mol. The molecule has 1 aliphatic carbocycles. The van der Waals surface area contributed by atoms with Crippen LogP contribution in [0.15, 0.2) is 35.5 Å². The molecule has 0 aromatic carbocycles. The third kappa shape index (κ3) is 3.56. The molecular weight excluding hydrogens is 144 g/mol. The Hall–Kier alpha value is -0.780. The lowest BCUT2D eigenvalue weighted by Gasteiger charge is -2.00. The maximum atomic E-state index is 2.21. The van der Waals surface area contributed by atoms with Crippen molar-refractivity contribution in [2.45, 2.75) is 40.5 Å². The zero-order valence-corrected chi connectivity index (χ0v) is 8.72. The number of hydrogen-bond donors (Lipinski definition) is 0. The molecule has 0 aromatic heterocycles. The molecule has 68 valence electrons. The van der Waals surface area contributed by atoms with Gasteiger partial charge in [0.25, 0.3) is 0 Å². The summed E-state index contributed by atoms with van der Waals surface area (Å²) in [6, 6.07) is 0. The predicted molar refractivity (Wildman–Crippen MR) is 57.2 cm³/mol. The van der Waals surface area contributed by atoms with Crippen molar-refractivity contribution in [3.05, 3.63) is 35.5 Å². The Labute approximate surface area is 76.7 Å². The molecule has 0 radical (unpaired) electrons. The van der Waals surface area contributed by atoms with Gasteiger partial charge in [-0.05, 0) is 25.3 Å². The van der Waals surface area contributed by atoms with Crippen molar-refractivity contribution < 1.29 is 0 Å². The van der Waals surface area contributed by atoms with E-state index in [1.54, 1.807) is 0 Å². The van der Waals surface area contributed by atoms with Crippen molar-refractivity contribution in [1.29, 1.82) is 0 Å². The zero-order valence-electron chi connectivity index (χ0n) is 8.72. The molecule has 0 aromatic rings. The van der Waals surface area contributed by atoms with Crippen molar-refractivity contribution in [3.8, 4) is 0 Å². The van der Waals surface area contributed by atoms with Gasteiger partial charge in [0.1, 0.15) is 0 Å². The Morgan fingerprint density at radius 3 is 2.50 bits per heavy atom. The SMILES string of the molecule is CC.CCC1=C(C)CC=CC=C1. The normalized spacial score (nSPS) is 15.3. The van der Waals surface area contributed by atoms with Crippen LogP contribution in [0.2, 0.25) is 0 Å². The molecule has 12 heavy (non-hydrogen) atoms. The highest BCUT2D eigenvalue weighted by Crippen LogP contribution is 2.16. The summed E-state index contributed by atoms with van der Waals surface area (Å²) < 4.78 is 0. The molecule has 0 nitrogen and oxygen atoms in total. The fourth-order valence-corrected chi connectivity index (χ4v) is 1.19. The van der Waals surface area contributed by atoms with E-state index in [0.29, 0.717) is 0 Å². The van der Waals surface area contributed by atoms with Gasteiger partial charge in [0.2, 0.25) is 0 Å². The fraction of sp³-hybridized carbons (Fsp3) is 0.500. The van der Waals surface area contributed by atoms with E-state index in [0.717, 1.165) is 12.8 Å². The smallest absolute Gasteiger partial charge is 0.0133 e. The summed E-state index contributed by atoms with van der Waals surface area (Å²) in [7, 11) is 0. The van der Waals surface area contributed by atoms with Gasteiger partial charge in [-0.2, -0.15) is 0 Å². The highest BCUT2D eigenvalue weighted by atomic mass is 14.0. The maximum Gasteiger partial charge on any atom is -0.0133 e. The van der Waals surface area contributed by atoms with Crippen LogP contribution in [-0.2, 0) is 0 Å². The van der Waals surface area contributed by atoms with Gasteiger partial charge in [0, 0.05) is 0 Å². The number of hydrogen-bond acceptors (Lipinski definition) is 0. The average molecular weight is 164 g/mol. The van der Waals surface area contributed by atoms with Gasteiger partial charge >= 0.3 is 0 Å². The molecule has 1 rings (SSSR count). The molecule has 0 heteroatoms. The minimum absolute atomic E-state index is 1.12. The molecule has 0 N–H and O–H groups in total.